The number of benzene rings is 1. The summed E-state index contributed by atoms with van der Waals surface area (Å²) in [6.07, 6.45) is -0.0723. The summed E-state index contributed by atoms with van der Waals surface area (Å²) in [6, 6.07) is 4.74. The molecule has 0 aliphatic heterocycles. The number of carboxylic acids is 1. The molecule has 0 amide bonds. The number of halogens is 1. The van der Waals surface area contributed by atoms with Crippen molar-refractivity contribution in [1.29, 1.82) is 0 Å². The molecular formula is C20H31FO6. The van der Waals surface area contributed by atoms with E-state index in [9.17, 15) is 9.18 Å². The number of aliphatic carboxylic acids is 1. The second kappa shape index (κ2) is 10.6. The van der Waals surface area contributed by atoms with Gasteiger partial charge in [-0.2, -0.15) is 0 Å². The molecule has 0 aliphatic rings. The van der Waals surface area contributed by atoms with Crippen LogP contribution in [0.5, 0.6) is 5.75 Å². The molecule has 1 rings (SSSR count). The van der Waals surface area contributed by atoms with Gasteiger partial charge < -0.3 is 24.1 Å². The van der Waals surface area contributed by atoms with Crippen LogP contribution in [-0.4, -0.2) is 55.3 Å². The molecular weight excluding hydrogens is 355 g/mol. The third-order valence-electron chi connectivity index (χ3n) is 3.75. The van der Waals surface area contributed by atoms with E-state index in [2.05, 4.69) is 0 Å². The highest BCUT2D eigenvalue weighted by Crippen LogP contribution is 2.19. The molecule has 0 fully saturated rings. The Morgan fingerprint density at radius 3 is 2.33 bits per heavy atom. The van der Waals surface area contributed by atoms with Crippen molar-refractivity contribution >= 4 is 5.97 Å². The van der Waals surface area contributed by atoms with Gasteiger partial charge in [0.05, 0.1) is 44.1 Å². The summed E-state index contributed by atoms with van der Waals surface area (Å²) in [4.78, 5) is 10.8. The maximum atomic E-state index is 13.4. The van der Waals surface area contributed by atoms with E-state index in [1.54, 1.807) is 32.9 Å². The largest absolute Gasteiger partial charge is 0.491 e. The van der Waals surface area contributed by atoms with E-state index >= 15 is 0 Å². The van der Waals surface area contributed by atoms with E-state index in [4.69, 9.17) is 24.1 Å². The first kappa shape index (κ1) is 23.3. The molecule has 0 unspecified atom stereocenters. The Morgan fingerprint density at radius 2 is 1.70 bits per heavy atom. The lowest BCUT2D eigenvalue weighted by Crippen LogP contribution is -2.38. The lowest BCUT2D eigenvalue weighted by atomic mass is 10.0. The van der Waals surface area contributed by atoms with E-state index in [0.717, 1.165) is 0 Å². The Labute approximate surface area is 160 Å². The van der Waals surface area contributed by atoms with Crippen molar-refractivity contribution in [1.82, 2.24) is 0 Å². The molecule has 0 saturated carbocycles. The van der Waals surface area contributed by atoms with Crippen molar-refractivity contribution in [2.45, 2.75) is 52.2 Å². The van der Waals surface area contributed by atoms with Crippen molar-refractivity contribution in [2.75, 3.05) is 33.0 Å². The maximum absolute atomic E-state index is 13.4. The fourth-order valence-electron chi connectivity index (χ4n) is 2.19. The van der Waals surface area contributed by atoms with E-state index in [-0.39, 0.29) is 18.8 Å². The third-order valence-corrected chi connectivity index (χ3v) is 3.75. The first-order valence-electron chi connectivity index (χ1n) is 8.97. The van der Waals surface area contributed by atoms with Crippen LogP contribution in [0.1, 0.15) is 39.7 Å². The van der Waals surface area contributed by atoms with Crippen LogP contribution in [-0.2, 0) is 19.0 Å². The first-order chi connectivity index (χ1) is 12.5. The van der Waals surface area contributed by atoms with E-state index in [1.165, 1.54) is 6.07 Å². The summed E-state index contributed by atoms with van der Waals surface area (Å²) in [6.45, 7) is 10.6. The molecule has 6 nitrogen and oxygen atoms in total. The average molecular weight is 386 g/mol. The van der Waals surface area contributed by atoms with Crippen LogP contribution in [0.2, 0.25) is 0 Å². The normalized spacial score (nSPS) is 12.2. The number of carboxylic acid groups (broad SMARTS) is 1. The van der Waals surface area contributed by atoms with Gasteiger partial charge in [0.15, 0.2) is 0 Å². The van der Waals surface area contributed by atoms with Crippen molar-refractivity contribution in [3.05, 3.63) is 29.6 Å². The summed E-state index contributed by atoms with van der Waals surface area (Å²) >= 11 is 0. The SMILES string of the molecule is Cc1ccc(OCCOCCOC(C)(C)COC(C)(C)CC(=O)O)cc1F. The van der Waals surface area contributed by atoms with Gasteiger partial charge in [0.1, 0.15) is 18.2 Å². The van der Waals surface area contributed by atoms with Crippen LogP contribution in [0.25, 0.3) is 0 Å². The minimum Gasteiger partial charge on any atom is -0.491 e. The molecule has 0 radical (unpaired) electrons. The fraction of sp³-hybridized carbons (Fsp3) is 0.650. The minimum atomic E-state index is -0.900. The molecule has 1 N–H and O–H groups in total. The van der Waals surface area contributed by atoms with Crippen LogP contribution >= 0.6 is 0 Å². The molecule has 0 saturated heterocycles. The highest BCUT2D eigenvalue weighted by atomic mass is 19.1. The van der Waals surface area contributed by atoms with Gasteiger partial charge in [-0.3, -0.25) is 4.79 Å². The molecule has 27 heavy (non-hydrogen) atoms. The molecule has 7 heteroatoms. The minimum absolute atomic E-state index is 0.0723. The quantitative estimate of drug-likeness (QED) is 0.522. The van der Waals surface area contributed by atoms with Gasteiger partial charge in [0.2, 0.25) is 0 Å². The van der Waals surface area contributed by atoms with E-state index < -0.39 is 17.2 Å². The van der Waals surface area contributed by atoms with Crippen LogP contribution in [0.4, 0.5) is 4.39 Å². The molecule has 0 aromatic heterocycles. The number of aryl methyl sites for hydroxylation is 1. The lowest BCUT2D eigenvalue weighted by Gasteiger charge is -2.31. The summed E-state index contributed by atoms with van der Waals surface area (Å²) in [7, 11) is 0. The van der Waals surface area contributed by atoms with Gasteiger partial charge in [-0.15, -0.1) is 0 Å². The zero-order valence-corrected chi connectivity index (χ0v) is 16.8. The molecule has 1 aromatic rings. The third kappa shape index (κ3) is 10.3. The number of hydrogen-bond acceptors (Lipinski definition) is 5. The number of hydrogen-bond donors (Lipinski definition) is 1. The monoisotopic (exact) mass is 386 g/mol. The zero-order chi connectivity index (χ0) is 20.5. The second-order valence-electron chi connectivity index (χ2n) is 7.60. The van der Waals surface area contributed by atoms with Gasteiger partial charge in [-0.25, -0.2) is 4.39 Å². The van der Waals surface area contributed by atoms with Gasteiger partial charge >= 0.3 is 5.97 Å². The smallest absolute Gasteiger partial charge is 0.306 e. The van der Waals surface area contributed by atoms with Gasteiger partial charge in [0.25, 0.3) is 0 Å². The second-order valence-corrected chi connectivity index (χ2v) is 7.60. The van der Waals surface area contributed by atoms with Gasteiger partial charge in [-0.1, -0.05) is 6.07 Å². The van der Waals surface area contributed by atoms with Crippen molar-refractivity contribution in [3.8, 4) is 5.75 Å². The Morgan fingerprint density at radius 1 is 1.04 bits per heavy atom. The standard InChI is InChI=1S/C20H31FO6/c1-15-6-7-16(12-17(15)21)25-10-8-24-9-11-26-20(4,5)14-27-19(2,3)13-18(22)23/h6-7,12H,8-11,13-14H2,1-5H3,(H,22,23). The average Bonchev–Trinajstić information content (AvgIpc) is 2.54. The van der Waals surface area contributed by atoms with Crippen LogP contribution < -0.4 is 4.74 Å². The topological polar surface area (TPSA) is 74.2 Å². The summed E-state index contributed by atoms with van der Waals surface area (Å²) in [5.74, 6) is -0.722. The van der Waals surface area contributed by atoms with Gasteiger partial charge in [-0.05, 0) is 46.2 Å². The molecule has 0 spiro atoms. The zero-order valence-electron chi connectivity index (χ0n) is 16.8. The maximum Gasteiger partial charge on any atom is 0.306 e. The predicted molar refractivity (Wildman–Crippen MR) is 99.8 cm³/mol. The Balaban J connectivity index is 2.15. The highest BCUT2D eigenvalue weighted by Gasteiger charge is 2.27. The van der Waals surface area contributed by atoms with E-state index in [1.807, 2.05) is 13.8 Å². The van der Waals surface area contributed by atoms with Crippen molar-refractivity contribution < 1.29 is 33.2 Å². The first-order valence-corrected chi connectivity index (χ1v) is 8.97. The Hall–Kier alpha value is -1.70. The molecule has 0 bridgehead atoms. The molecule has 0 atom stereocenters. The number of ether oxygens (including phenoxy) is 4. The number of rotatable bonds is 13. The Kier molecular flexibility index (Phi) is 9.15. The fourth-order valence-corrected chi connectivity index (χ4v) is 2.19. The van der Waals surface area contributed by atoms with Gasteiger partial charge in [0, 0.05) is 6.07 Å². The van der Waals surface area contributed by atoms with Crippen molar-refractivity contribution in [2.24, 2.45) is 0 Å². The van der Waals surface area contributed by atoms with Crippen LogP contribution in [0.15, 0.2) is 18.2 Å². The summed E-state index contributed by atoms with van der Waals surface area (Å²) in [5, 5.41) is 8.86. The lowest BCUT2D eigenvalue weighted by molar-refractivity contribution is -0.153. The molecule has 154 valence electrons. The van der Waals surface area contributed by atoms with E-state index in [0.29, 0.717) is 37.7 Å². The molecule has 0 aliphatic carbocycles. The van der Waals surface area contributed by atoms with Crippen molar-refractivity contribution in [3.63, 3.8) is 0 Å². The van der Waals surface area contributed by atoms with Crippen LogP contribution in [0, 0.1) is 12.7 Å². The van der Waals surface area contributed by atoms with Crippen LogP contribution in [0.3, 0.4) is 0 Å². The molecule has 0 heterocycles. The number of carbonyl (C=O) groups is 1. The predicted octanol–water partition coefficient (Wildman–Crippen LogP) is 3.59. The summed E-state index contributed by atoms with van der Waals surface area (Å²) < 4.78 is 35.7. The summed E-state index contributed by atoms with van der Waals surface area (Å²) in [5.41, 5.74) is -0.737. The highest BCUT2D eigenvalue weighted by molar-refractivity contribution is 5.67. The Bertz CT molecular complexity index is 600. The molecule has 1 aromatic carbocycles.